The summed E-state index contributed by atoms with van der Waals surface area (Å²) in [5.74, 6) is 2.79. The Bertz CT molecular complexity index is 1130. The topological polar surface area (TPSA) is 38.7 Å². The number of hydrogen-bond donors (Lipinski definition) is 0. The highest BCUT2D eigenvalue weighted by atomic mass is 79.9. The van der Waals surface area contributed by atoms with Crippen molar-refractivity contribution in [2.45, 2.75) is 44.9 Å². The van der Waals surface area contributed by atoms with Gasteiger partial charge in [0.15, 0.2) is 17.5 Å². The number of nitrogens with zero attached hydrogens (tertiary/aromatic N) is 3. The van der Waals surface area contributed by atoms with E-state index in [2.05, 4.69) is 71.4 Å². The van der Waals surface area contributed by atoms with Gasteiger partial charge < -0.3 is 0 Å². The molecule has 1 aliphatic carbocycles. The number of rotatable bonds is 4. The molecule has 4 aromatic rings. The van der Waals surface area contributed by atoms with E-state index >= 15 is 0 Å². The standard InChI is InChI=1S/C28H26BrN3/c1-19-7-9-22(10-8-19)26-30-27(32-28(31-26)24-15-17-25(29)18-16-24)23-13-11-21(12-14-23)20-5-3-2-4-6-20/h7-18,20H,2-6H2,1H3. The van der Waals surface area contributed by atoms with Gasteiger partial charge in [-0.3, -0.25) is 0 Å². The molecule has 0 saturated heterocycles. The Morgan fingerprint density at radius 3 is 1.53 bits per heavy atom. The molecular weight excluding hydrogens is 458 g/mol. The molecule has 3 aromatic carbocycles. The summed E-state index contributed by atoms with van der Waals surface area (Å²) in [6.07, 6.45) is 6.67. The second-order valence-corrected chi connectivity index (χ2v) is 9.55. The molecule has 0 aliphatic heterocycles. The molecule has 0 atom stereocenters. The van der Waals surface area contributed by atoms with Gasteiger partial charge in [0.25, 0.3) is 0 Å². The summed E-state index contributed by atoms with van der Waals surface area (Å²) in [7, 11) is 0. The van der Waals surface area contributed by atoms with Crippen LogP contribution >= 0.6 is 15.9 Å². The summed E-state index contributed by atoms with van der Waals surface area (Å²) in [6, 6.07) is 25.3. The highest BCUT2D eigenvalue weighted by Gasteiger charge is 2.16. The fourth-order valence-electron chi connectivity index (χ4n) is 4.41. The predicted octanol–water partition coefficient (Wildman–Crippen LogP) is 7.99. The molecule has 0 N–H and O–H groups in total. The predicted molar refractivity (Wildman–Crippen MR) is 134 cm³/mol. The van der Waals surface area contributed by atoms with E-state index in [4.69, 9.17) is 15.0 Å². The fraction of sp³-hybridized carbons (Fsp3) is 0.250. The van der Waals surface area contributed by atoms with Crippen molar-refractivity contribution >= 4 is 15.9 Å². The second kappa shape index (κ2) is 9.33. The van der Waals surface area contributed by atoms with E-state index in [0.29, 0.717) is 23.4 Å². The number of hydrogen-bond acceptors (Lipinski definition) is 3. The van der Waals surface area contributed by atoms with Crippen LogP contribution in [0.25, 0.3) is 34.2 Å². The highest BCUT2D eigenvalue weighted by Crippen LogP contribution is 2.33. The molecule has 0 radical (unpaired) electrons. The van der Waals surface area contributed by atoms with Crippen LogP contribution in [0.2, 0.25) is 0 Å². The van der Waals surface area contributed by atoms with Gasteiger partial charge >= 0.3 is 0 Å². The quantitative estimate of drug-likeness (QED) is 0.295. The summed E-state index contributed by atoms with van der Waals surface area (Å²) < 4.78 is 1.03. The van der Waals surface area contributed by atoms with Crippen LogP contribution in [0.15, 0.2) is 77.3 Å². The third-order valence-corrected chi connectivity index (χ3v) is 6.82. The maximum atomic E-state index is 4.86. The lowest BCUT2D eigenvalue weighted by Gasteiger charge is -2.22. The van der Waals surface area contributed by atoms with E-state index in [1.165, 1.54) is 43.2 Å². The zero-order valence-corrected chi connectivity index (χ0v) is 19.8. The van der Waals surface area contributed by atoms with Gasteiger partial charge in [-0.1, -0.05) is 101 Å². The van der Waals surface area contributed by atoms with Crippen LogP contribution < -0.4 is 0 Å². The molecule has 0 amide bonds. The van der Waals surface area contributed by atoms with Crippen molar-refractivity contribution in [2.24, 2.45) is 0 Å². The number of aromatic nitrogens is 3. The summed E-state index contributed by atoms with van der Waals surface area (Å²) in [5, 5.41) is 0. The summed E-state index contributed by atoms with van der Waals surface area (Å²) >= 11 is 3.51. The molecule has 0 unspecified atom stereocenters. The van der Waals surface area contributed by atoms with Crippen LogP contribution in [-0.4, -0.2) is 15.0 Å². The molecule has 0 bridgehead atoms. The van der Waals surface area contributed by atoms with E-state index < -0.39 is 0 Å². The fourth-order valence-corrected chi connectivity index (χ4v) is 4.67. The largest absolute Gasteiger partial charge is 0.208 e. The monoisotopic (exact) mass is 483 g/mol. The average Bonchev–Trinajstić information content (AvgIpc) is 2.85. The molecule has 1 heterocycles. The first kappa shape index (κ1) is 21.0. The van der Waals surface area contributed by atoms with Crippen LogP contribution in [-0.2, 0) is 0 Å². The Kier molecular flexibility index (Phi) is 6.13. The number of aryl methyl sites for hydroxylation is 1. The average molecular weight is 484 g/mol. The smallest absolute Gasteiger partial charge is 0.164 e. The van der Waals surface area contributed by atoms with Gasteiger partial charge in [0.2, 0.25) is 0 Å². The number of benzene rings is 3. The maximum absolute atomic E-state index is 4.86. The molecule has 5 rings (SSSR count). The summed E-state index contributed by atoms with van der Waals surface area (Å²) in [4.78, 5) is 14.5. The Morgan fingerprint density at radius 2 is 1.03 bits per heavy atom. The second-order valence-electron chi connectivity index (χ2n) is 8.64. The SMILES string of the molecule is Cc1ccc(-c2nc(-c3ccc(Br)cc3)nc(-c3ccc(C4CCCCC4)cc3)n2)cc1. The first-order valence-corrected chi connectivity index (χ1v) is 12.1. The van der Waals surface area contributed by atoms with Crippen molar-refractivity contribution in [3.05, 3.63) is 88.4 Å². The van der Waals surface area contributed by atoms with Crippen molar-refractivity contribution in [3.63, 3.8) is 0 Å². The molecule has 160 valence electrons. The normalized spacial score (nSPS) is 14.4. The van der Waals surface area contributed by atoms with Crippen molar-refractivity contribution < 1.29 is 0 Å². The van der Waals surface area contributed by atoms with Crippen LogP contribution in [0.4, 0.5) is 0 Å². The Balaban J connectivity index is 1.56. The van der Waals surface area contributed by atoms with Crippen molar-refractivity contribution in [3.8, 4) is 34.2 Å². The third kappa shape index (κ3) is 4.66. The molecule has 1 aliphatic rings. The number of halogens is 1. The molecule has 3 nitrogen and oxygen atoms in total. The van der Waals surface area contributed by atoms with Gasteiger partial charge in [0, 0.05) is 21.2 Å². The van der Waals surface area contributed by atoms with Crippen molar-refractivity contribution in [1.29, 1.82) is 0 Å². The van der Waals surface area contributed by atoms with E-state index in [1.807, 2.05) is 24.3 Å². The Labute approximate surface area is 198 Å². The molecule has 1 fully saturated rings. The molecule has 4 heteroatoms. The third-order valence-electron chi connectivity index (χ3n) is 6.29. The lowest BCUT2D eigenvalue weighted by Crippen LogP contribution is -2.04. The lowest BCUT2D eigenvalue weighted by atomic mass is 9.84. The minimum atomic E-state index is 0.689. The van der Waals surface area contributed by atoms with E-state index in [1.54, 1.807) is 0 Å². The van der Waals surface area contributed by atoms with E-state index in [0.717, 1.165) is 21.2 Å². The van der Waals surface area contributed by atoms with Gasteiger partial charge in [0.1, 0.15) is 0 Å². The van der Waals surface area contributed by atoms with Gasteiger partial charge in [-0.2, -0.15) is 0 Å². The van der Waals surface area contributed by atoms with Gasteiger partial charge in [-0.05, 0) is 43.4 Å². The molecule has 0 spiro atoms. The first-order chi connectivity index (χ1) is 15.7. The summed E-state index contributed by atoms with van der Waals surface area (Å²) in [6.45, 7) is 2.09. The maximum Gasteiger partial charge on any atom is 0.164 e. The Hall–Kier alpha value is -2.85. The lowest BCUT2D eigenvalue weighted by molar-refractivity contribution is 0.443. The highest BCUT2D eigenvalue weighted by molar-refractivity contribution is 9.10. The van der Waals surface area contributed by atoms with E-state index in [-0.39, 0.29) is 0 Å². The summed E-state index contributed by atoms with van der Waals surface area (Å²) in [5.41, 5.74) is 5.66. The zero-order valence-electron chi connectivity index (χ0n) is 18.3. The zero-order chi connectivity index (χ0) is 21.9. The van der Waals surface area contributed by atoms with Crippen molar-refractivity contribution in [1.82, 2.24) is 15.0 Å². The van der Waals surface area contributed by atoms with Crippen LogP contribution in [0.3, 0.4) is 0 Å². The molecule has 1 saturated carbocycles. The van der Waals surface area contributed by atoms with Crippen LogP contribution in [0.5, 0.6) is 0 Å². The van der Waals surface area contributed by atoms with Crippen LogP contribution in [0, 0.1) is 6.92 Å². The molecular formula is C28H26BrN3. The van der Waals surface area contributed by atoms with Crippen molar-refractivity contribution in [2.75, 3.05) is 0 Å². The van der Waals surface area contributed by atoms with Gasteiger partial charge in [-0.15, -0.1) is 0 Å². The van der Waals surface area contributed by atoms with E-state index in [9.17, 15) is 0 Å². The van der Waals surface area contributed by atoms with Crippen LogP contribution in [0.1, 0.15) is 49.1 Å². The van der Waals surface area contributed by atoms with Gasteiger partial charge in [0.05, 0.1) is 0 Å². The molecule has 32 heavy (non-hydrogen) atoms. The molecule has 1 aromatic heterocycles. The first-order valence-electron chi connectivity index (χ1n) is 11.3. The van der Waals surface area contributed by atoms with Gasteiger partial charge in [-0.25, -0.2) is 15.0 Å². The minimum Gasteiger partial charge on any atom is -0.208 e. The minimum absolute atomic E-state index is 0.689. The Morgan fingerprint density at radius 1 is 0.594 bits per heavy atom.